The van der Waals surface area contributed by atoms with Crippen molar-refractivity contribution in [3.8, 4) is 12.3 Å². The van der Waals surface area contributed by atoms with E-state index in [4.69, 9.17) is 11.4 Å². The van der Waals surface area contributed by atoms with E-state index in [-0.39, 0.29) is 23.0 Å². The fourth-order valence-electron chi connectivity index (χ4n) is 3.77. The predicted octanol–water partition coefficient (Wildman–Crippen LogP) is 4.37. The van der Waals surface area contributed by atoms with E-state index in [9.17, 15) is 14.4 Å². The van der Waals surface area contributed by atoms with Crippen molar-refractivity contribution in [3.05, 3.63) is 55.3 Å². The summed E-state index contributed by atoms with van der Waals surface area (Å²) in [6.07, 6.45) is 6.66. The molecule has 0 radical (unpaired) electrons. The monoisotopic (exact) mass is 497 g/mol. The number of ketones is 1. The molecule has 3 aromatic heterocycles. The first kappa shape index (κ1) is 23.5. The fraction of sp³-hybridized carbons (Fsp3) is 0.333. The molecule has 33 heavy (non-hydrogen) atoms. The van der Waals surface area contributed by atoms with Gasteiger partial charge in [-0.05, 0) is 30.4 Å². The smallest absolute Gasteiger partial charge is 0.263 e. The maximum absolute atomic E-state index is 13.5. The van der Waals surface area contributed by atoms with Gasteiger partial charge < -0.3 is 4.90 Å². The average molecular weight is 498 g/mol. The van der Waals surface area contributed by atoms with E-state index in [1.54, 1.807) is 15.5 Å². The SMILES string of the molecule is C#CCCC(=O)N1CCc2c(sc3nc(SCC(=O)c4cccs4)n(CC(=C)C)c(=O)c23)C1. The lowest BCUT2D eigenvalue weighted by molar-refractivity contribution is -0.131. The highest BCUT2D eigenvalue weighted by Crippen LogP contribution is 2.34. The van der Waals surface area contributed by atoms with Gasteiger partial charge in [0.25, 0.3) is 5.56 Å². The molecule has 0 bridgehead atoms. The van der Waals surface area contributed by atoms with Crippen molar-refractivity contribution in [1.82, 2.24) is 14.5 Å². The Morgan fingerprint density at radius 2 is 2.21 bits per heavy atom. The summed E-state index contributed by atoms with van der Waals surface area (Å²) in [7, 11) is 0. The van der Waals surface area contributed by atoms with Gasteiger partial charge in [0.15, 0.2) is 10.9 Å². The van der Waals surface area contributed by atoms with E-state index in [0.29, 0.717) is 59.1 Å². The molecular weight excluding hydrogens is 474 g/mol. The summed E-state index contributed by atoms with van der Waals surface area (Å²) in [5, 5.41) is 3.01. The average Bonchev–Trinajstić information content (AvgIpc) is 3.45. The Bertz CT molecular complexity index is 1330. The summed E-state index contributed by atoms with van der Waals surface area (Å²) in [5.41, 5.74) is 1.70. The zero-order valence-corrected chi connectivity index (χ0v) is 20.7. The molecule has 0 aromatic carbocycles. The number of amides is 1. The molecule has 4 heterocycles. The molecule has 0 atom stereocenters. The number of carbonyl (C=O) groups excluding carboxylic acids is 2. The van der Waals surface area contributed by atoms with Gasteiger partial charge in [-0.1, -0.05) is 30.0 Å². The van der Waals surface area contributed by atoms with Gasteiger partial charge in [0.05, 0.1) is 22.6 Å². The highest BCUT2D eigenvalue weighted by atomic mass is 32.2. The van der Waals surface area contributed by atoms with Crippen LogP contribution < -0.4 is 5.56 Å². The number of allylic oxidation sites excluding steroid dienone is 1. The number of terminal acetylenes is 1. The minimum absolute atomic E-state index is 0.0119. The molecule has 1 aliphatic rings. The van der Waals surface area contributed by atoms with E-state index < -0.39 is 0 Å². The molecule has 170 valence electrons. The van der Waals surface area contributed by atoms with Crippen LogP contribution in [0.25, 0.3) is 10.2 Å². The zero-order valence-electron chi connectivity index (χ0n) is 18.3. The molecule has 0 saturated heterocycles. The van der Waals surface area contributed by atoms with Gasteiger partial charge in [0.2, 0.25) is 5.91 Å². The van der Waals surface area contributed by atoms with Crippen LogP contribution in [-0.2, 0) is 24.3 Å². The largest absolute Gasteiger partial charge is 0.337 e. The van der Waals surface area contributed by atoms with Crippen molar-refractivity contribution in [2.24, 2.45) is 0 Å². The first-order valence-electron chi connectivity index (χ1n) is 10.5. The van der Waals surface area contributed by atoms with Crippen LogP contribution in [0.2, 0.25) is 0 Å². The van der Waals surface area contributed by atoms with Crippen LogP contribution >= 0.6 is 34.4 Å². The van der Waals surface area contributed by atoms with Crippen LogP contribution in [0, 0.1) is 12.3 Å². The standard InChI is InChI=1S/C24H23N3O3S3/c1-4-5-8-20(29)26-10-9-16-19(13-26)33-22-21(16)23(30)27(12-15(2)3)24(25-22)32-14-17(28)18-7-6-11-31-18/h1,6-7,11H,2,5,8-10,12-14H2,3H3. The van der Waals surface area contributed by atoms with Crippen LogP contribution in [-0.4, -0.2) is 38.4 Å². The molecule has 0 spiro atoms. The minimum atomic E-state index is -0.112. The summed E-state index contributed by atoms with van der Waals surface area (Å²) in [5.74, 6) is 2.76. The van der Waals surface area contributed by atoms with E-state index in [0.717, 1.165) is 16.0 Å². The number of hydrogen-bond acceptors (Lipinski definition) is 7. The second kappa shape index (κ2) is 10.1. The van der Waals surface area contributed by atoms with Crippen molar-refractivity contribution in [2.45, 2.75) is 44.4 Å². The van der Waals surface area contributed by atoms with Gasteiger partial charge in [-0.3, -0.25) is 19.0 Å². The second-order valence-electron chi connectivity index (χ2n) is 7.89. The number of thioether (sulfide) groups is 1. The lowest BCUT2D eigenvalue weighted by atomic mass is 10.0. The fourth-order valence-corrected chi connectivity index (χ4v) is 6.68. The number of Topliss-reactive ketones (excluding diaryl/α,β-unsaturated/α-hetero) is 1. The van der Waals surface area contributed by atoms with E-state index >= 15 is 0 Å². The first-order valence-corrected chi connectivity index (χ1v) is 13.2. The third kappa shape index (κ3) is 4.98. The first-order chi connectivity index (χ1) is 15.9. The van der Waals surface area contributed by atoms with Crippen LogP contribution in [0.5, 0.6) is 0 Å². The summed E-state index contributed by atoms with van der Waals surface area (Å²) in [6, 6.07) is 3.65. The molecule has 0 unspecified atom stereocenters. The quantitative estimate of drug-likeness (QED) is 0.152. The molecule has 6 nitrogen and oxygen atoms in total. The van der Waals surface area contributed by atoms with Crippen molar-refractivity contribution in [1.29, 1.82) is 0 Å². The number of nitrogens with zero attached hydrogens (tertiary/aromatic N) is 3. The molecule has 4 rings (SSSR count). The Morgan fingerprint density at radius 1 is 1.39 bits per heavy atom. The lowest BCUT2D eigenvalue weighted by Crippen LogP contribution is -2.35. The highest BCUT2D eigenvalue weighted by Gasteiger charge is 2.27. The Balaban J connectivity index is 1.67. The molecule has 0 N–H and O–H groups in total. The Kier molecular flexibility index (Phi) is 7.17. The molecule has 0 saturated carbocycles. The van der Waals surface area contributed by atoms with E-state index in [2.05, 4.69) is 12.5 Å². The Labute approximate surface area is 204 Å². The third-order valence-electron chi connectivity index (χ3n) is 5.32. The molecule has 9 heteroatoms. The number of hydrogen-bond donors (Lipinski definition) is 0. The molecule has 0 aliphatic carbocycles. The van der Waals surface area contributed by atoms with Crippen molar-refractivity contribution in [2.75, 3.05) is 12.3 Å². The van der Waals surface area contributed by atoms with Gasteiger partial charge in [-0.25, -0.2) is 4.98 Å². The minimum Gasteiger partial charge on any atom is -0.337 e. The van der Waals surface area contributed by atoms with Crippen molar-refractivity contribution < 1.29 is 9.59 Å². The number of fused-ring (bicyclic) bond motifs is 3. The van der Waals surface area contributed by atoms with Gasteiger partial charge in [-0.2, -0.15) is 0 Å². The third-order valence-corrected chi connectivity index (χ3v) is 8.32. The molecule has 3 aromatic rings. The molecule has 0 fully saturated rings. The zero-order chi connectivity index (χ0) is 23.5. The lowest BCUT2D eigenvalue weighted by Gasteiger charge is -2.26. The van der Waals surface area contributed by atoms with Crippen LogP contribution in [0.4, 0.5) is 0 Å². The number of rotatable bonds is 8. The van der Waals surface area contributed by atoms with E-state index in [1.165, 1.54) is 34.4 Å². The second-order valence-corrected chi connectivity index (χ2v) is 10.9. The summed E-state index contributed by atoms with van der Waals surface area (Å²) in [6.45, 7) is 7.21. The normalized spacial score (nSPS) is 13.0. The molecule has 1 aliphatic heterocycles. The summed E-state index contributed by atoms with van der Waals surface area (Å²) >= 11 is 4.14. The highest BCUT2D eigenvalue weighted by molar-refractivity contribution is 7.99. The maximum Gasteiger partial charge on any atom is 0.263 e. The summed E-state index contributed by atoms with van der Waals surface area (Å²) in [4.78, 5) is 47.4. The van der Waals surface area contributed by atoms with Gasteiger partial charge in [0, 0.05) is 30.8 Å². The van der Waals surface area contributed by atoms with Gasteiger partial charge >= 0.3 is 0 Å². The van der Waals surface area contributed by atoms with Crippen LogP contribution in [0.3, 0.4) is 0 Å². The van der Waals surface area contributed by atoms with E-state index in [1.807, 2.05) is 18.4 Å². The van der Waals surface area contributed by atoms with Crippen LogP contribution in [0.15, 0.2) is 39.6 Å². The summed E-state index contributed by atoms with van der Waals surface area (Å²) < 4.78 is 1.62. The van der Waals surface area contributed by atoms with Crippen molar-refractivity contribution >= 4 is 56.3 Å². The maximum atomic E-state index is 13.5. The number of aromatic nitrogens is 2. The van der Waals surface area contributed by atoms with Crippen LogP contribution in [0.1, 0.15) is 39.9 Å². The predicted molar refractivity (Wildman–Crippen MR) is 135 cm³/mol. The van der Waals surface area contributed by atoms with Gasteiger partial charge in [0.1, 0.15) is 4.83 Å². The number of thiophene rings is 2. The van der Waals surface area contributed by atoms with Gasteiger partial charge in [-0.15, -0.1) is 35.0 Å². The van der Waals surface area contributed by atoms with Crippen molar-refractivity contribution in [3.63, 3.8) is 0 Å². The molecule has 1 amide bonds. The topological polar surface area (TPSA) is 72.3 Å². The number of carbonyl (C=O) groups is 2. The Morgan fingerprint density at radius 3 is 2.91 bits per heavy atom. The molecular formula is C24H23N3O3S3. The Hall–Kier alpha value is -2.67.